The van der Waals surface area contributed by atoms with Crippen molar-refractivity contribution in [3.63, 3.8) is 0 Å². The quantitative estimate of drug-likeness (QED) is 0.813. The molecule has 1 aromatic rings. The number of aryl methyl sites for hydroxylation is 2. The third kappa shape index (κ3) is 2.28. The van der Waals surface area contributed by atoms with Gasteiger partial charge in [0.05, 0.1) is 0 Å². The first-order chi connectivity index (χ1) is 7.72. The molecule has 2 rings (SSSR count). The smallest absolute Gasteiger partial charge is 0.0321 e. The summed E-state index contributed by atoms with van der Waals surface area (Å²) in [4.78, 5) is 0. The normalized spacial score (nSPS) is 18.2. The summed E-state index contributed by atoms with van der Waals surface area (Å²) in [5.74, 6) is 0.462. The van der Waals surface area contributed by atoms with Crippen molar-refractivity contribution in [1.29, 1.82) is 0 Å². The van der Waals surface area contributed by atoms with Crippen LogP contribution in [0, 0.1) is 5.92 Å². The highest BCUT2D eigenvalue weighted by Gasteiger charge is 2.17. The van der Waals surface area contributed by atoms with Gasteiger partial charge in [-0.3, -0.25) is 0 Å². The van der Waals surface area contributed by atoms with Gasteiger partial charge in [0.2, 0.25) is 0 Å². The molecule has 2 heteroatoms. The first kappa shape index (κ1) is 11.6. The molecule has 4 N–H and O–H groups in total. The van der Waals surface area contributed by atoms with Gasteiger partial charge in [0.1, 0.15) is 0 Å². The van der Waals surface area contributed by atoms with Gasteiger partial charge in [-0.15, -0.1) is 0 Å². The van der Waals surface area contributed by atoms with E-state index in [1.165, 1.54) is 36.0 Å². The molecule has 0 heterocycles. The lowest BCUT2D eigenvalue weighted by Gasteiger charge is -2.20. The van der Waals surface area contributed by atoms with Crippen molar-refractivity contribution < 1.29 is 0 Å². The Morgan fingerprint density at radius 1 is 1.25 bits per heavy atom. The minimum atomic E-state index is 0.134. The molecule has 0 amide bonds. The lowest BCUT2D eigenvalue weighted by atomic mass is 9.91. The maximum absolute atomic E-state index is 6.26. The van der Waals surface area contributed by atoms with Crippen LogP contribution in [0.4, 0.5) is 0 Å². The molecule has 2 nitrogen and oxygen atoms in total. The lowest BCUT2D eigenvalue weighted by molar-refractivity contribution is 0.444. The van der Waals surface area contributed by atoms with Crippen molar-refractivity contribution in [2.75, 3.05) is 6.54 Å². The van der Waals surface area contributed by atoms with E-state index in [1.807, 2.05) is 0 Å². The van der Waals surface area contributed by atoms with Gasteiger partial charge in [0.15, 0.2) is 0 Å². The Balaban J connectivity index is 2.14. The van der Waals surface area contributed by atoms with E-state index in [0.717, 1.165) is 13.0 Å². The van der Waals surface area contributed by atoms with Crippen LogP contribution in [0.15, 0.2) is 18.2 Å². The van der Waals surface area contributed by atoms with Gasteiger partial charge in [0, 0.05) is 6.04 Å². The van der Waals surface area contributed by atoms with Gasteiger partial charge in [-0.2, -0.15) is 0 Å². The molecule has 0 aromatic heterocycles. The zero-order valence-corrected chi connectivity index (χ0v) is 10.1. The highest BCUT2D eigenvalue weighted by molar-refractivity contribution is 5.36. The largest absolute Gasteiger partial charge is 0.330 e. The van der Waals surface area contributed by atoms with Crippen molar-refractivity contribution >= 4 is 0 Å². The summed E-state index contributed by atoms with van der Waals surface area (Å²) in [5.41, 5.74) is 16.1. The first-order valence-corrected chi connectivity index (χ1v) is 6.29. The van der Waals surface area contributed by atoms with Crippen LogP contribution >= 0.6 is 0 Å². The van der Waals surface area contributed by atoms with E-state index in [-0.39, 0.29) is 6.04 Å². The molecule has 0 radical (unpaired) electrons. The maximum Gasteiger partial charge on any atom is 0.0321 e. The summed E-state index contributed by atoms with van der Waals surface area (Å²) in [6.45, 7) is 2.91. The summed E-state index contributed by atoms with van der Waals surface area (Å²) in [5, 5.41) is 0. The van der Waals surface area contributed by atoms with Gasteiger partial charge < -0.3 is 11.5 Å². The molecule has 0 aliphatic heterocycles. The maximum atomic E-state index is 6.26. The SMILES string of the molecule is CC(CCN)C(N)c1ccc2c(c1)CCC2. The fourth-order valence-electron chi connectivity index (χ4n) is 2.57. The molecular weight excluding hydrogens is 196 g/mol. The average molecular weight is 218 g/mol. The van der Waals surface area contributed by atoms with Crippen LogP contribution in [0.25, 0.3) is 0 Å². The predicted octanol–water partition coefficient (Wildman–Crippen LogP) is 2.16. The fourth-order valence-corrected chi connectivity index (χ4v) is 2.57. The molecule has 2 unspecified atom stereocenters. The van der Waals surface area contributed by atoms with E-state index in [0.29, 0.717) is 5.92 Å². The monoisotopic (exact) mass is 218 g/mol. The zero-order chi connectivity index (χ0) is 11.5. The van der Waals surface area contributed by atoms with Crippen molar-refractivity contribution in [2.45, 2.75) is 38.6 Å². The Labute approximate surface area is 98.0 Å². The molecule has 16 heavy (non-hydrogen) atoms. The molecule has 2 atom stereocenters. The highest BCUT2D eigenvalue weighted by atomic mass is 14.7. The second-order valence-electron chi connectivity index (χ2n) is 4.96. The van der Waals surface area contributed by atoms with Gasteiger partial charge >= 0.3 is 0 Å². The minimum Gasteiger partial charge on any atom is -0.330 e. The summed E-state index contributed by atoms with van der Waals surface area (Å²) in [6.07, 6.45) is 4.76. The van der Waals surface area contributed by atoms with Crippen LogP contribution in [-0.4, -0.2) is 6.54 Å². The van der Waals surface area contributed by atoms with E-state index < -0.39 is 0 Å². The Kier molecular flexibility index (Phi) is 3.62. The van der Waals surface area contributed by atoms with Crippen LogP contribution in [0.5, 0.6) is 0 Å². The summed E-state index contributed by atoms with van der Waals surface area (Å²) < 4.78 is 0. The van der Waals surface area contributed by atoms with Crippen LogP contribution in [0.2, 0.25) is 0 Å². The second kappa shape index (κ2) is 4.98. The molecule has 0 saturated carbocycles. The molecule has 1 aromatic carbocycles. The summed E-state index contributed by atoms with van der Waals surface area (Å²) in [7, 11) is 0. The Morgan fingerprint density at radius 3 is 2.75 bits per heavy atom. The van der Waals surface area contributed by atoms with Crippen molar-refractivity contribution in [3.8, 4) is 0 Å². The molecule has 0 saturated heterocycles. The second-order valence-corrected chi connectivity index (χ2v) is 4.96. The number of hydrogen-bond acceptors (Lipinski definition) is 2. The minimum absolute atomic E-state index is 0.134. The topological polar surface area (TPSA) is 52.0 Å². The van der Waals surface area contributed by atoms with Crippen molar-refractivity contribution in [2.24, 2.45) is 17.4 Å². The Hall–Kier alpha value is -0.860. The number of nitrogens with two attached hydrogens (primary N) is 2. The molecule has 0 spiro atoms. The van der Waals surface area contributed by atoms with E-state index >= 15 is 0 Å². The predicted molar refractivity (Wildman–Crippen MR) is 68.2 cm³/mol. The number of hydrogen-bond donors (Lipinski definition) is 2. The van der Waals surface area contributed by atoms with Crippen LogP contribution in [0.3, 0.4) is 0 Å². The van der Waals surface area contributed by atoms with Gasteiger partial charge in [0.25, 0.3) is 0 Å². The summed E-state index contributed by atoms with van der Waals surface area (Å²) in [6, 6.07) is 6.89. The standard InChI is InChI=1S/C14H22N2/c1-10(7-8-15)14(16)13-6-5-11-3-2-4-12(11)9-13/h5-6,9-10,14H,2-4,7-8,15-16H2,1H3. The third-order valence-electron chi connectivity index (χ3n) is 3.74. The molecule has 88 valence electrons. The molecule has 1 aliphatic rings. The third-order valence-corrected chi connectivity index (χ3v) is 3.74. The van der Waals surface area contributed by atoms with Crippen molar-refractivity contribution in [3.05, 3.63) is 34.9 Å². The van der Waals surface area contributed by atoms with Gasteiger partial charge in [-0.1, -0.05) is 25.1 Å². The number of benzene rings is 1. The van der Waals surface area contributed by atoms with Crippen LogP contribution in [-0.2, 0) is 12.8 Å². The fraction of sp³-hybridized carbons (Fsp3) is 0.571. The first-order valence-electron chi connectivity index (χ1n) is 6.29. The van der Waals surface area contributed by atoms with E-state index in [9.17, 15) is 0 Å². The van der Waals surface area contributed by atoms with Crippen LogP contribution < -0.4 is 11.5 Å². The molecule has 1 aliphatic carbocycles. The van der Waals surface area contributed by atoms with E-state index in [1.54, 1.807) is 0 Å². The van der Waals surface area contributed by atoms with Crippen LogP contribution in [0.1, 0.15) is 42.5 Å². The number of rotatable bonds is 4. The van der Waals surface area contributed by atoms with E-state index in [2.05, 4.69) is 25.1 Å². The van der Waals surface area contributed by atoms with Gasteiger partial charge in [-0.25, -0.2) is 0 Å². The average Bonchev–Trinajstić information content (AvgIpc) is 2.75. The molecular formula is C14H22N2. The van der Waals surface area contributed by atoms with Crippen molar-refractivity contribution in [1.82, 2.24) is 0 Å². The van der Waals surface area contributed by atoms with Gasteiger partial charge in [-0.05, 0) is 54.8 Å². The Morgan fingerprint density at radius 2 is 2.00 bits per heavy atom. The molecule has 0 bridgehead atoms. The highest BCUT2D eigenvalue weighted by Crippen LogP contribution is 2.28. The van der Waals surface area contributed by atoms with E-state index in [4.69, 9.17) is 11.5 Å². The number of fused-ring (bicyclic) bond motifs is 1. The summed E-state index contributed by atoms with van der Waals surface area (Å²) >= 11 is 0. The molecule has 0 fully saturated rings. The Bertz CT molecular complexity index is 360. The lowest BCUT2D eigenvalue weighted by Crippen LogP contribution is -2.21. The zero-order valence-electron chi connectivity index (χ0n) is 10.1.